The van der Waals surface area contributed by atoms with Crippen LogP contribution >= 0.6 is 0 Å². The van der Waals surface area contributed by atoms with Gasteiger partial charge >= 0.3 is 5.97 Å². The van der Waals surface area contributed by atoms with E-state index in [0.29, 0.717) is 17.1 Å². The fourth-order valence-corrected chi connectivity index (χ4v) is 3.49. The Morgan fingerprint density at radius 1 is 0.829 bits per heavy atom. The van der Waals surface area contributed by atoms with Crippen LogP contribution in [0.3, 0.4) is 0 Å². The molecule has 0 saturated carbocycles. The van der Waals surface area contributed by atoms with Gasteiger partial charge in [0.1, 0.15) is 29.3 Å². The Hall–Kier alpha value is -3.94. The van der Waals surface area contributed by atoms with Crippen LogP contribution in [0, 0.1) is 11.6 Å². The molecule has 0 bridgehead atoms. The van der Waals surface area contributed by atoms with Gasteiger partial charge in [-0.25, -0.2) is 8.78 Å². The molecule has 3 rings (SSSR count). The van der Waals surface area contributed by atoms with E-state index < -0.39 is 41.2 Å². The molecule has 0 heterocycles. The smallest absolute Gasteiger partial charge is 0.326 e. The van der Waals surface area contributed by atoms with E-state index in [1.54, 1.807) is 63.2 Å². The zero-order valence-electron chi connectivity index (χ0n) is 20.2. The summed E-state index contributed by atoms with van der Waals surface area (Å²) < 4.78 is 44.9. The highest BCUT2D eigenvalue weighted by molar-refractivity contribution is 6.09. The average molecular weight is 484 g/mol. The number of ether oxygens (including phenoxy) is 3. The molecule has 0 N–H and O–H groups in total. The van der Waals surface area contributed by atoms with Crippen molar-refractivity contribution in [1.29, 1.82) is 0 Å². The van der Waals surface area contributed by atoms with Crippen molar-refractivity contribution in [3.05, 3.63) is 77.9 Å². The summed E-state index contributed by atoms with van der Waals surface area (Å²) in [5.74, 6) is -2.73. The van der Waals surface area contributed by atoms with Crippen molar-refractivity contribution in [2.75, 3.05) is 25.7 Å². The minimum Gasteiger partial charge on any atom is -0.493 e. The molecule has 0 aliphatic rings. The maximum Gasteiger partial charge on any atom is 0.326 e. The van der Waals surface area contributed by atoms with Gasteiger partial charge in [-0.3, -0.25) is 14.5 Å². The lowest BCUT2D eigenvalue weighted by atomic mass is 10.0. The number of hydrogen-bond donors (Lipinski definition) is 0. The quantitative estimate of drug-likeness (QED) is 0.407. The maximum absolute atomic E-state index is 14.5. The average Bonchev–Trinajstić information content (AvgIpc) is 2.80. The first kappa shape index (κ1) is 25.7. The van der Waals surface area contributed by atoms with Gasteiger partial charge in [0, 0.05) is 5.69 Å². The van der Waals surface area contributed by atoms with Crippen molar-refractivity contribution in [1.82, 2.24) is 0 Å². The van der Waals surface area contributed by atoms with Gasteiger partial charge < -0.3 is 14.2 Å². The normalized spacial score (nSPS) is 11.1. The number of nitrogens with zero attached hydrogens (tertiary/aromatic N) is 1. The molecule has 0 spiro atoms. The Bertz CT molecular complexity index is 1220. The van der Waals surface area contributed by atoms with Crippen LogP contribution < -0.4 is 14.4 Å². The van der Waals surface area contributed by atoms with E-state index in [1.807, 2.05) is 0 Å². The molecule has 35 heavy (non-hydrogen) atoms. The lowest BCUT2D eigenvalue weighted by Gasteiger charge is -2.26. The predicted octanol–water partition coefficient (Wildman–Crippen LogP) is 5.64. The molecule has 0 fully saturated rings. The molecule has 0 unspecified atom stereocenters. The number of halogens is 2. The molecule has 0 radical (unpaired) electrons. The predicted molar refractivity (Wildman–Crippen MR) is 129 cm³/mol. The molecule has 0 aromatic heterocycles. The van der Waals surface area contributed by atoms with E-state index in [4.69, 9.17) is 14.2 Å². The van der Waals surface area contributed by atoms with Crippen molar-refractivity contribution < 1.29 is 32.6 Å². The second kappa shape index (κ2) is 10.5. The van der Waals surface area contributed by atoms with E-state index in [9.17, 15) is 18.4 Å². The number of rotatable bonds is 7. The molecule has 6 nitrogen and oxygen atoms in total. The number of methoxy groups -OCH3 is 2. The minimum atomic E-state index is -1.03. The van der Waals surface area contributed by atoms with Gasteiger partial charge in [0.2, 0.25) is 0 Å². The Morgan fingerprint density at radius 3 is 2.03 bits per heavy atom. The Morgan fingerprint density at radius 2 is 1.43 bits per heavy atom. The van der Waals surface area contributed by atoms with Gasteiger partial charge in [-0.05, 0) is 68.3 Å². The number of benzene rings is 3. The van der Waals surface area contributed by atoms with E-state index in [2.05, 4.69) is 0 Å². The second-order valence-corrected chi connectivity index (χ2v) is 8.69. The molecule has 0 saturated heterocycles. The van der Waals surface area contributed by atoms with Crippen LogP contribution in [0.15, 0.2) is 60.7 Å². The zero-order valence-corrected chi connectivity index (χ0v) is 20.2. The highest BCUT2D eigenvalue weighted by atomic mass is 19.1. The first-order chi connectivity index (χ1) is 16.5. The Labute approximate surface area is 203 Å². The Kier molecular flexibility index (Phi) is 7.74. The highest BCUT2D eigenvalue weighted by Gasteiger charge is 2.28. The first-order valence-electron chi connectivity index (χ1n) is 10.8. The third-order valence-corrected chi connectivity index (χ3v) is 5.00. The fourth-order valence-electron chi connectivity index (χ4n) is 3.49. The van der Waals surface area contributed by atoms with Crippen molar-refractivity contribution in [2.24, 2.45) is 0 Å². The topological polar surface area (TPSA) is 65.1 Å². The molecule has 8 heteroatoms. The number of hydrogen-bond acceptors (Lipinski definition) is 5. The molecular formula is C27H27F2NO5. The summed E-state index contributed by atoms with van der Waals surface area (Å²) in [5.41, 5.74) is 0.116. The van der Waals surface area contributed by atoms with Gasteiger partial charge in [0.05, 0.1) is 14.2 Å². The first-order valence-corrected chi connectivity index (χ1v) is 10.8. The molecule has 3 aromatic carbocycles. The summed E-state index contributed by atoms with van der Waals surface area (Å²) >= 11 is 0. The summed E-state index contributed by atoms with van der Waals surface area (Å²) in [4.78, 5) is 26.9. The largest absolute Gasteiger partial charge is 0.493 e. The van der Waals surface area contributed by atoms with E-state index >= 15 is 0 Å². The third-order valence-electron chi connectivity index (χ3n) is 5.00. The number of anilines is 1. The van der Waals surface area contributed by atoms with Crippen LogP contribution in [0.2, 0.25) is 0 Å². The fraction of sp³-hybridized carbons (Fsp3) is 0.259. The lowest BCUT2D eigenvalue weighted by Crippen LogP contribution is -2.39. The number of amides is 1. The molecule has 1 amide bonds. The maximum atomic E-state index is 14.5. The third kappa shape index (κ3) is 6.15. The number of carbonyl (C=O) groups is 2. The van der Waals surface area contributed by atoms with Crippen LogP contribution in [0.25, 0.3) is 11.1 Å². The summed E-state index contributed by atoms with van der Waals surface area (Å²) in [6.45, 7) is 4.51. The van der Waals surface area contributed by atoms with Crippen LogP contribution in [-0.2, 0) is 9.53 Å². The van der Waals surface area contributed by atoms with Crippen LogP contribution in [-0.4, -0.2) is 38.2 Å². The number of esters is 1. The molecule has 3 aromatic rings. The molecule has 0 aliphatic carbocycles. The summed E-state index contributed by atoms with van der Waals surface area (Å²) in [6.07, 6.45) is 0. The number of carbonyl (C=O) groups excluding carboxylic acids is 2. The van der Waals surface area contributed by atoms with Crippen LogP contribution in [0.5, 0.6) is 11.5 Å². The summed E-state index contributed by atoms with van der Waals surface area (Å²) in [7, 11) is 3.04. The standard InChI is InChI=1S/C27H27F2NO5/c1-27(2,3)35-24(31)16-30(26(32)25-20(28)10-7-11-21(25)29)19-9-6-8-17(14-19)18-12-13-22(33-4)23(15-18)34-5/h6-15H,16H2,1-5H3. The van der Waals surface area contributed by atoms with Crippen LogP contribution in [0.1, 0.15) is 31.1 Å². The molecular weight excluding hydrogens is 456 g/mol. The molecule has 0 atom stereocenters. The second-order valence-electron chi connectivity index (χ2n) is 8.69. The summed E-state index contributed by atoms with van der Waals surface area (Å²) in [6, 6.07) is 15.1. The van der Waals surface area contributed by atoms with Gasteiger partial charge in [0.15, 0.2) is 11.5 Å². The van der Waals surface area contributed by atoms with Crippen LogP contribution in [0.4, 0.5) is 14.5 Å². The zero-order chi connectivity index (χ0) is 25.8. The lowest BCUT2D eigenvalue weighted by molar-refractivity contribution is -0.152. The molecule has 184 valence electrons. The van der Waals surface area contributed by atoms with Gasteiger partial charge in [-0.15, -0.1) is 0 Å². The van der Waals surface area contributed by atoms with Crippen molar-refractivity contribution in [3.63, 3.8) is 0 Å². The van der Waals surface area contributed by atoms with E-state index in [-0.39, 0.29) is 5.69 Å². The minimum absolute atomic E-state index is 0.260. The van der Waals surface area contributed by atoms with Gasteiger partial charge in [-0.1, -0.05) is 24.3 Å². The van der Waals surface area contributed by atoms with Gasteiger partial charge in [-0.2, -0.15) is 0 Å². The molecule has 0 aliphatic heterocycles. The Balaban J connectivity index is 2.07. The van der Waals surface area contributed by atoms with Crippen molar-refractivity contribution in [2.45, 2.75) is 26.4 Å². The van der Waals surface area contributed by atoms with E-state index in [1.165, 1.54) is 14.2 Å². The van der Waals surface area contributed by atoms with Crippen molar-refractivity contribution in [3.8, 4) is 22.6 Å². The van der Waals surface area contributed by atoms with E-state index in [0.717, 1.165) is 28.7 Å². The monoisotopic (exact) mass is 483 g/mol. The highest BCUT2D eigenvalue weighted by Crippen LogP contribution is 2.34. The van der Waals surface area contributed by atoms with Crippen molar-refractivity contribution >= 4 is 17.6 Å². The summed E-state index contributed by atoms with van der Waals surface area (Å²) in [5, 5.41) is 0. The SMILES string of the molecule is COc1ccc(-c2cccc(N(CC(=O)OC(C)(C)C)C(=O)c3c(F)cccc3F)c2)cc1OC. The van der Waals surface area contributed by atoms with Gasteiger partial charge in [0.25, 0.3) is 5.91 Å².